The lowest BCUT2D eigenvalue weighted by Gasteiger charge is -2.21. The van der Waals surface area contributed by atoms with E-state index in [1.54, 1.807) is 42.5 Å². The van der Waals surface area contributed by atoms with Gasteiger partial charge < -0.3 is 25.3 Å². The molecule has 0 atom stereocenters. The van der Waals surface area contributed by atoms with Gasteiger partial charge in [-0.25, -0.2) is 4.79 Å². The van der Waals surface area contributed by atoms with E-state index in [4.69, 9.17) is 19.9 Å². The normalized spacial score (nSPS) is 15.6. The van der Waals surface area contributed by atoms with Crippen LogP contribution in [0, 0.1) is 0 Å². The largest absolute Gasteiger partial charge is 0.452 e. The van der Waals surface area contributed by atoms with Gasteiger partial charge in [-0.1, -0.05) is 12.1 Å². The second-order valence-corrected chi connectivity index (χ2v) is 8.38. The third-order valence-corrected chi connectivity index (χ3v) is 6.09. The van der Waals surface area contributed by atoms with Crippen molar-refractivity contribution in [3.8, 4) is 11.5 Å². The van der Waals surface area contributed by atoms with E-state index in [1.165, 1.54) is 0 Å². The van der Waals surface area contributed by atoms with E-state index in [2.05, 4.69) is 5.32 Å². The Morgan fingerprint density at radius 1 is 1.06 bits per heavy atom. The van der Waals surface area contributed by atoms with Crippen molar-refractivity contribution in [1.29, 1.82) is 0 Å². The van der Waals surface area contributed by atoms with Crippen LogP contribution in [-0.4, -0.2) is 35.9 Å². The van der Waals surface area contributed by atoms with E-state index in [0.717, 1.165) is 37.4 Å². The fourth-order valence-corrected chi connectivity index (χ4v) is 4.38. The molecule has 1 spiro atoms. The van der Waals surface area contributed by atoms with Crippen LogP contribution in [0.15, 0.2) is 47.4 Å². The van der Waals surface area contributed by atoms with E-state index in [-0.39, 0.29) is 11.3 Å². The van der Waals surface area contributed by atoms with Gasteiger partial charge in [-0.05, 0) is 37.1 Å². The summed E-state index contributed by atoms with van der Waals surface area (Å²) in [7, 11) is 0. The van der Waals surface area contributed by atoms with Gasteiger partial charge in [0.1, 0.15) is 0 Å². The van der Waals surface area contributed by atoms with Gasteiger partial charge in [0.2, 0.25) is 5.91 Å². The summed E-state index contributed by atoms with van der Waals surface area (Å²) >= 11 is 1.14. The molecule has 0 saturated heterocycles. The van der Waals surface area contributed by atoms with Crippen molar-refractivity contribution in [3.63, 3.8) is 0 Å². The topological polar surface area (TPSA) is 117 Å². The van der Waals surface area contributed by atoms with Crippen LogP contribution in [0.25, 0.3) is 0 Å². The molecule has 0 unspecified atom stereocenters. The summed E-state index contributed by atoms with van der Waals surface area (Å²) < 4.78 is 17.1. The van der Waals surface area contributed by atoms with E-state index in [0.29, 0.717) is 22.1 Å². The molecule has 0 bridgehead atoms. The Labute approximate surface area is 183 Å². The minimum atomic E-state index is -0.656. The summed E-state index contributed by atoms with van der Waals surface area (Å²) in [6.07, 6.45) is 3.82. The second kappa shape index (κ2) is 8.89. The Balaban J connectivity index is 1.32. The Bertz CT molecular complexity index is 1020. The van der Waals surface area contributed by atoms with Crippen LogP contribution >= 0.6 is 11.8 Å². The van der Waals surface area contributed by atoms with E-state index >= 15 is 0 Å². The van der Waals surface area contributed by atoms with Crippen molar-refractivity contribution in [3.05, 3.63) is 48.0 Å². The third-order valence-electron chi connectivity index (χ3n) is 5.00. The van der Waals surface area contributed by atoms with Gasteiger partial charge in [0.15, 0.2) is 18.1 Å². The molecular formula is C22H22N2O6S. The van der Waals surface area contributed by atoms with Gasteiger partial charge in [0.25, 0.3) is 11.7 Å². The van der Waals surface area contributed by atoms with E-state index < -0.39 is 30.2 Å². The standard InChI is InChI=1S/C22H22N2O6S/c23-19(25)13-31-18-6-2-1-5-15(18)21(27)28-12-20(26)24-14-7-8-16-17(11-14)30-22(29-16)9-3-4-10-22/h1-2,5-8,11H,3-4,9-10,12-13H2,(H2,23,25)(H,24,26). The molecule has 1 heterocycles. The number of fused-ring (bicyclic) bond motifs is 1. The minimum absolute atomic E-state index is 0.0379. The number of nitrogens with two attached hydrogens (primary N) is 1. The molecule has 4 rings (SSSR count). The number of rotatable bonds is 7. The number of amides is 2. The number of hydrogen-bond donors (Lipinski definition) is 2. The average Bonchev–Trinajstić information content (AvgIpc) is 3.36. The highest BCUT2D eigenvalue weighted by molar-refractivity contribution is 8.00. The molecular weight excluding hydrogens is 420 g/mol. The van der Waals surface area contributed by atoms with Crippen LogP contribution in [0.1, 0.15) is 36.0 Å². The molecule has 1 fully saturated rings. The summed E-state index contributed by atoms with van der Waals surface area (Å²) in [6.45, 7) is -0.452. The Hall–Kier alpha value is -3.20. The molecule has 8 nitrogen and oxygen atoms in total. The summed E-state index contributed by atoms with van der Waals surface area (Å²) in [6, 6.07) is 11.9. The molecule has 162 valence electrons. The van der Waals surface area contributed by atoms with Crippen LogP contribution in [-0.2, 0) is 14.3 Å². The van der Waals surface area contributed by atoms with E-state index in [1.807, 2.05) is 0 Å². The molecule has 2 amide bonds. The number of primary amides is 1. The number of carbonyl (C=O) groups excluding carboxylic acids is 3. The maximum absolute atomic E-state index is 12.4. The van der Waals surface area contributed by atoms with Crippen molar-refractivity contribution in [2.45, 2.75) is 36.4 Å². The molecule has 3 N–H and O–H groups in total. The fraction of sp³-hybridized carbons (Fsp3) is 0.318. The lowest BCUT2D eigenvalue weighted by Crippen LogP contribution is -2.34. The maximum Gasteiger partial charge on any atom is 0.339 e. The Morgan fingerprint density at radius 2 is 1.81 bits per heavy atom. The molecule has 1 saturated carbocycles. The van der Waals surface area contributed by atoms with Crippen LogP contribution in [0.4, 0.5) is 5.69 Å². The van der Waals surface area contributed by atoms with Gasteiger partial charge >= 0.3 is 5.97 Å². The molecule has 9 heteroatoms. The van der Waals surface area contributed by atoms with Crippen molar-refractivity contribution >= 4 is 35.2 Å². The molecule has 0 radical (unpaired) electrons. The van der Waals surface area contributed by atoms with Crippen LogP contribution in [0.3, 0.4) is 0 Å². The first-order valence-corrected chi connectivity index (χ1v) is 10.9. The highest BCUT2D eigenvalue weighted by Crippen LogP contribution is 2.47. The number of thioether (sulfide) groups is 1. The summed E-state index contributed by atoms with van der Waals surface area (Å²) in [4.78, 5) is 36.2. The Morgan fingerprint density at radius 3 is 2.58 bits per heavy atom. The number of hydrogen-bond acceptors (Lipinski definition) is 7. The van der Waals surface area contributed by atoms with Crippen LogP contribution in [0.2, 0.25) is 0 Å². The molecule has 2 aliphatic rings. The summed E-state index contributed by atoms with van der Waals surface area (Å²) in [5.74, 6) is -0.901. The predicted octanol–water partition coefficient (Wildman–Crippen LogP) is 3.10. The smallest absolute Gasteiger partial charge is 0.339 e. The zero-order valence-electron chi connectivity index (χ0n) is 16.7. The monoisotopic (exact) mass is 442 g/mol. The summed E-state index contributed by atoms with van der Waals surface area (Å²) in [5.41, 5.74) is 5.95. The fourth-order valence-electron chi connectivity index (χ4n) is 3.61. The first-order valence-electron chi connectivity index (χ1n) is 9.93. The number of benzene rings is 2. The highest BCUT2D eigenvalue weighted by atomic mass is 32.2. The number of anilines is 1. The maximum atomic E-state index is 12.4. The molecule has 0 aromatic heterocycles. The lowest BCUT2D eigenvalue weighted by atomic mass is 10.2. The van der Waals surface area contributed by atoms with Crippen molar-refractivity contribution < 1.29 is 28.6 Å². The third kappa shape index (κ3) is 4.93. The zero-order chi connectivity index (χ0) is 21.8. The number of ether oxygens (including phenoxy) is 3. The van der Waals surface area contributed by atoms with Crippen molar-refractivity contribution in [2.75, 3.05) is 17.7 Å². The predicted molar refractivity (Wildman–Crippen MR) is 114 cm³/mol. The Kier molecular flexibility index (Phi) is 6.03. The van der Waals surface area contributed by atoms with Gasteiger partial charge in [0.05, 0.1) is 11.3 Å². The molecule has 1 aliphatic heterocycles. The average molecular weight is 442 g/mol. The second-order valence-electron chi connectivity index (χ2n) is 7.36. The quantitative estimate of drug-likeness (QED) is 0.500. The number of esters is 1. The SMILES string of the molecule is NC(=O)CSc1ccccc1C(=O)OCC(=O)Nc1ccc2c(c1)OC1(CCCC1)O2. The number of nitrogens with one attached hydrogen (secondary N) is 1. The minimum Gasteiger partial charge on any atom is -0.452 e. The van der Waals surface area contributed by atoms with Crippen molar-refractivity contribution in [1.82, 2.24) is 0 Å². The van der Waals surface area contributed by atoms with Gasteiger partial charge in [-0.3, -0.25) is 9.59 Å². The van der Waals surface area contributed by atoms with Gasteiger partial charge in [0, 0.05) is 29.5 Å². The lowest BCUT2D eigenvalue weighted by molar-refractivity contribution is -0.119. The zero-order valence-corrected chi connectivity index (χ0v) is 17.5. The first kappa shape index (κ1) is 21.0. The molecule has 2 aromatic rings. The van der Waals surface area contributed by atoms with E-state index in [9.17, 15) is 14.4 Å². The number of carbonyl (C=O) groups is 3. The molecule has 31 heavy (non-hydrogen) atoms. The van der Waals surface area contributed by atoms with Crippen LogP contribution in [0.5, 0.6) is 11.5 Å². The first-order chi connectivity index (χ1) is 14.9. The van der Waals surface area contributed by atoms with Gasteiger partial charge in [-0.15, -0.1) is 11.8 Å². The summed E-state index contributed by atoms with van der Waals surface area (Å²) in [5, 5.41) is 2.69. The molecule has 2 aromatic carbocycles. The highest BCUT2D eigenvalue weighted by Gasteiger charge is 2.44. The van der Waals surface area contributed by atoms with Crippen molar-refractivity contribution in [2.24, 2.45) is 5.73 Å². The van der Waals surface area contributed by atoms with Crippen LogP contribution < -0.4 is 20.5 Å². The van der Waals surface area contributed by atoms with Gasteiger partial charge in [-0.2, -0.15) is 0 Å². The molecule has 1 aliphatic carbocycles.